The van der Waals surface area contributed by atoms with Gasteiger partial charge in [0.05, 0.1) is 6.61 Å². The normalized spacial score (nSPS) is 10.1. The molecule has 0 saturated carbocycles. The fraction of sp³-hybridized carbons (Fsp3) is 0.188. The van der Waals surface area contributed by atoms with Gasteiger partial charge in [-0.15, -0.1) is 17.0 Å². The van der Waals surface area contributed by atoms with Crippen molar-refractivity contribution in [1.82, 2.24) is 0 Å². The first-order chi connectivity index (χ1) is 9.77. The van der Waals surface area contributed by atoms with Crippen LogP contribution in [0.2, 0.25) is 0 Å². The van der Waals surface area contributed by atoms with Gasteiger partial charge in [0.1, 0.15) is 6.10 Å². The summed E-state index contributed by atoms with van der Waals surface area (Å²) in [6.07, 6.45) is -0.0787. The highest BCUT2D eigenvalue weighted by molar-refractivity contribution is 8.93. The Morgan fingerprint density at radius 3 is 1.90 bits per heavy atom. The topological polar surface area (TPSA) is 59.1 Å². The molecule has 2 aromatic rings. The largest absolute Gasteiger partial charge is 0.379 e. The fourth-order valence-corrected chi connectivity index (χ4v) is 2.36. The van der Waals surface area contributed by atoms with E-state index in [4.69, 9.17) is 15.9 Å². The average molecular weight is 367 g/mol. The minimum absolute atomic E-state index is 0. The molecule has 0 aliphatic carbocycles. The van der Waals surface area contributed by atoms with E-state index in [0.29, 0.717) is 12.4 Å². The molecular formula is C16H19BrN2OS. The number of rotatable bonds is 6. The van der Waals surface area contributed by atoms with Crippen molar-refractivity contribution in [2.45, 2.75) is 6.10 Å². The molecule has 0 aliphatic rings. The minimum Gasteiger partial charge on any atom is -0.379 e. The van der Waals surface area contributed by atoms with E-state index in [-0.39, 0.29) is 28.3 Å². The second kappa shape index (κ2) is 9.60. The molecule has 0 bridgehead atoms. The summed E-state index contributed by atoms with van der Waals surface area (Å²) >= 11 is 1.30. The van der Waals surface area contributed by atoms with E-state index in [9.17, 15) is 0 Å². The zero-order valence-electron chi connectivity index (χ0n) is 11.6. The lowest BCUT2D eigenvalue weighted by Gasteiger charge is -2.18. The van der Waals surface area contributed by atoms with Gasteiger partial charge in [-0.3, -0.25) is 5.41 Å². The highest BCUT2D eigenvalue weighted by atomic mass is 79.9. The molecule has 2 aromatic carbocycles. The van der Waals surface area contributed by atoms with Gasteiger partial charge >= 0.3 is 0 Å². The third kappa shape index (κ3) is 5.91. The third-order valence-corrected chi connectivity index (χ3v) is 3.51. The predicted molar refractivity (Wildman–Crippen MR) is 95.4 cm³/mol. The second-order valence-electron chi connectivity index (χ2n) is 4.28. The Labute approximate surface area is 140 Å². The van der Waals surface area contributed by atoms with E-state index in [1.54, 1.807) is 0 Å². The van der Waals surface area contributed by atoms with Gasteiger partial charge in [-0.2, -0.15) is 0 Å². The first-order valence-electron chi connectivity index (χ1n) is 6.45. The van der Waals surface area contributed by atoms with Gasteiger partial charge in [-0.1, -0.05) is 72.4 Å². The Bertz CT molecular complexity index is 497. The van der Waals surface area contributed by atoms with Crippen molar-refractivity contribution >= 4 is 33.9 Å². The summed E-state index contributed by atoms with van der Waals surface area (Å²) in [5.41, 5.74) is 7.58. The van der Waals surface area contributed by atoms with E-state index in [1.165, 1.54) is 11.8 Å². The quantitative estimate of drug-likeness (QED) is 0.461. The number of benzene rings is 2. The molecule has 0 fully saturated rings. The number of nitrogens with one attached hydrogen (secondary N) is 1. The summed E-state index contributed by atoms with van der Waals surface area (Å²) in [5.74, 6) is 0.686. The molecule has 0 unspecified atom stereocenters. The number of hydrogen-bond acceptors (Lipinski definition) is 3. The Kier molecular flexibility index (Phi) is 8.12. The van der Waals surface area contributed by atoms with Crippen molar-refractivity contribution in [2.24, 2.45) is 5.73 Å². The first-order valence-corrected chi connectivity index (χ1v) is 7.44. The van der Waals surface area contributed by atoms with Crippen molar-refractivity contribution < 1.29 is 4.74 Å². The number of hydrogen-bond donors (Lipinski definition) is 2. The Morgan fingerprint density at radius 1 is 1.00 bits per heavy atom. The van der Waals surface area contributed by atoms with Crippen LogP contribution in [0.3, 0.4) is 0 Å². The number of nitrogens with two attached hydrogens (primary N) is 1. The van der Waals surface area contributed by atoms with Crippen LogP contribution in [0.15, 0.2) is 60.7 Å². The molecule has 0 spiro atoms. The van der Waals surface area contributed by atoms with Gasteiger partial charge in [-0.25, -0.2) is 0 Å². The maximum Gasteiger partial charge on any atom is 0.151 e. The SMILES string of the molecule is Br.N=C(N)SCCOC(c1ccccc1)c1ccccc1. The zero-order valence-corrected chi connectivity index (χ0v) is 14.1. The average Bonchev–Trinajstić information content (AvgIpc) is 2.49. The number of halogens is 1. The van der Waals surface area contributed by atoms with Crippen LogP contribution in [-0.2, 0) is 4.74 Å². The summed E-state index contributed by atoms with van der Waals surface area (Å²) in [6, 6.07) is 20.3. The number of amidine groups is 1. The molecule has 2 rings (SSSR count). The molecular weight excluding hydrogens is 348 g/mol. The molecule has 0 amide bonds. The predicted octanol–water partition coefficient (Wildman–Crippen LogP) is 4.00. The molecule has 3 nitrogen and oxygen atoms in total. The van der Waals surface area contributed by atoms with Crippen molar-refractivity contribution in [3.63, 3.8) is 0 Å². The maximum atomic E-state index is 7.19. The summed E-state index contributed by atoms with van der Waals surface area (Å²) in [5, 5.41) is 7.32. The summed E-state index contributed by atoms with van der Waals surface area (Å²) < 4.78 is 5.99. The van der Waals surface area contributed by atoms with Crippen LogP contribution >= 0.6 is 28.7 Å². The van der Waals surface area contributed by atoms with Gasteiger partial charge in [-0.05, 0) is 11.1 Å². The molecule has 0 aliphatic heterocycles. The summed E-state index contributed by atoms with van der Waals surface area (Å²) in [7, 11) is 0. The molecule has 0 atom stereocenters. The van der Waals surface area contributed by atoms with Crippen LogP contribution in [0, 0.1) is 5.41 Å². The van der Waals surface area contributed by atoms with E-state index in [2.05, 4.69) is 24.3 Å². The van der Waals surface area contributed by atoms with Crippen LogP contribution < -0.4 is 5.73 Å². The van der Waals surface area contributed by atoms with Crippen molar-refractivity contribution in [2.75, 3.05) is 12.4 Å². The molecule has 0 aromatic heterocycles. The highest BCUT2D eigenvalue weighted by Crippen LogP contribution is 2.25. The lowest BCUT2D eigenvalue weighted by Crippen LogP contribution is -2.11. The standard InChI is InChI=1S/C16H18N2OS.BrH/c17-16(18)20-12-11-19-15(13-7-3-1-4-8-13)14-9-5-2-6-10-14;/h1-10,15H,11-12H2,(H3,17,18);1H. The van der Waals surface area contributed by atoms with E-state index in [0.717, 1.165) is 11.1 Å². The van der Waals surface area contributed by atoms with Crippen LogP contribution in [0.25, 0.3) is 0 Å². The maximum absolute atomic E-state index is 7.19. The molecule has 0 radical (unpaired) electrons. The first kappa shape index (κ1) is 17.8. The van der Waals surface area contributed by atoms with Crippen LogP contribution in [-0.4, -0.2) is 17.5 Å². The molecule has 0 heterocycles. The Morgan fingerprint density at radius 2 is 1.48 bits per heavy atom. The van der Waals surface area contributed by atoms with Crippen LogP contribution in [0.4, 0.5) is 0 Å². The van der Waals surface area contributed by atoms with Gasteiger partial charge in [0.15, 0.2) is 5.17 Å². The van der Waals surface area contributed by atoms with Gasteiger partial charge in [0.25, 0.3) is 0 Å². The number of thioether (sulfide) groups is 1. The second-order valence-corrected chi connectivity index (χ2v) is 5.42. The minimum atomic E-state index is -0.0787. The smallest absolute Gasteiger partial charge is 0.151 e. The molecule has 5 heteroatoms. The zero-order chi connectivity index (χ0) is 14.2. The third-order valence-electron chi connectivity index (χ3n) is 2.83. The van der Waals surface area contributed by atoms with E-state index in [1.807, 2.05) is 36.4 Å². The van der Waals surface area contributed by atoms with Gasteiger partial charge in [0.2, 0.25) is 0 Å². The van der Waals surface area contributed by atoms with Crippen molar-refractivity contribution in [3.05, 3.63) is 71.8 Å². The fourth-order valence-electron chi connectivity index (χ4n) is 1.96. The van der Waals surface area contributed by atoms with Crippen molar-refractivity contribution in [3.8, 4) is 0 Å². The summed E-state index contributed by atoms with van der Waals surface area (Å²) in [6.45, 7) is 0.554. The van der Waals surface area contributed by atoms with Crippen LogP contribution in [0.5, 0.6) is 0 Å². The monoisotopic (exact) mass is 366 g/mol. The number of ether oxygens (including phenoxy) is 1. The molecule has 21 heavy (non-hydrogen) atoms. The lowest BCUT2D eigenvalue weighted by atomic mass is 10.0. The van der Waals surface area contributed by atoms with Gasteiger partial charge in [0, 0.05) is 5.75 Å². The lowest BCUT2D eigenvalue weighted by molar-refractivity contribution is 0.0936. The Hall–Kier alpha value is -1.30. The molecule has 0 saturated heterocycles. The Balaban J connectivity index is 0.00000220. The van der Waals surface area contributed by atoms with Crippen LogP contribution in [0.1, 0.15) is 17.2 Å². The summed E-state index contributed by atoms with van der Waals surface area (Å²) in [4.78, 5) is 0. The van der Waals surface area contributed by atoms with E-state index < -0.39 is 0 Å². The van der Waals surface area contributed by atoms with Gasteiger partial charge < -0.3 is 10.5 Å². The molecule has 3 N–H and O–H groups in total. The van der Waals surface area contributed by atoms with E-state index >= 15 is 0 Å². The molecule has 112 valence electrons. The van der Waals surface area contributed by atoms with Crippen molar-refractivity contribution in [1.29, 1.82) is 5.41 Å². The highest BCUT2D eigenvalue weighted by Gasteiger charge is 2.13.